The van der Waals surface area contributed by atoms with Gasteiger partial charge >= 0.3 is 0 Å². The Balaban J connectivity index is 1.31. The highest BCUT2D eigenvalue weighted by Crippen LogP contribution is 2.27. The summed E-state index contributed by atoms with van der Waals surface area (Å²) >= 11 is 0. The fraction of sp³-hybridized carbons (Fsp3) is 0.474. The van der Waals surface area contributed by atoms with Crippen LogP contribution in [-0.2, 0) is 17.9 Å². The number of aryl methyl sites for hydroxylation is 2. The number of carbonyl (C=O) groups excluding carboxylic acids is 1. The van der Waals surface area contributed by atoms with Crippen molar-refractivity contribution in [1.82, 2.24) is 39.6 Å². The van der Waals surface area contributed by atoms with Gasteiger partial charge in [0.2, 0.25) is 5.91 Å². The number of tetrazole rings is 1. The van der Waals surface area contributed by atoms with Crippen LogP contribution in [-0.4, -0.2) is 58.6 Å². The molecular weight excluding hydrogens is 356 g/mol. The summed E-state index contributed by atoms with van der Waals surface area (Å²) < 4.78 is 3.86. The molecule has 0 N–H and O–H groups in total. The molecule has 4 heterocycles. The first-order valence-electron chi connectivity index (χ1n) is 9.61. The van der Waals surface area contributed by atoms with Crippen molar-refractivity contribution in [2.75, 3.05) is 13.1 Å². The normalized spacial score (nSPS) is 15.1. The topological polar surface area (TPSA) is 94.6 Å². The number of aromatic nitrogens is 7. The van der Waals surface area contributed by atoms with E-state index in [1.807, 2.05) is 36.5 Å². The van der Waals surface area contributed by atoms with Crippen LogP contribution in [0.4, 0.5) is 0 Å². The number of imidazole rings is 1. The van der Waals surface area contributed by atoms with Crippen LogP contribution >= 0.6 is 0 Å². The zero-order valence-corrected chi connectivity index (χ0v) is 16.0. The van der Waals surface area contributed by atoms with E-state index in [9.17, 15) is 4.79 Å². The minimum Gasteiger partial charge on any atom is -0.343 e. The van der Waals surface area contributed by atoms with E-state index < -0.39 is 0 Å². The van der Waals surface area contributed by atoms with Crippen molar-refractivity contribution in [2.24, 2.45) is 0 Å². The van der Waals surface area contributed by atoms with Gasteiger partial charge in [0.15, 0.2) is 0 Å². The molecule has 1 aliphatic rings. The molecule has 0 aromatic carbocycles. The lowest BCUT2D eigenvalue weighted by Gasteiger charge is -2.32. The second-order valence-corrected chi connectivity index (χ2v) is 7.13. The van der Waals surface area contributed by atoms with Crippen LogP contribution in [0.2, 0.25) is 0 Å². The van der Waals surface area contributed by atoms with Gasteiger partial charge in [-0.25, -0.2) is 9.67 Å². The fourth-order valence-corrected chi connectivity index (χ4v) is 3.71. The summed E-state index contributed by atoms with van der Waals surface area (Å²) in [6.45, 7) is 4.65. The van der Waals surface area contributed by atoms with E-state index >= 15 is 0 Å². The molecule has 0 unspecified atom stereocenters. The third kappa shape index (κ3) is 4.08. The fourth-order valence-electron chi connectivity index (χ4n) is 3.71. The van der Waals surface area contributed by atoms with Crippen molar-refractivity contribution < 1.29 is 4.79 Å². The number of carbonyl (C=O) groups is 1. The summed E-state index contributed by atoms with van der Waals surface area (Å²) in [5.41, 5.74) is 1.16. The highest BCUT2D eigenvalue weighted by Gasteiger charge is 2.26. The largest absolute Gasteiger partial charge is 0.343 e. The van der Waals surface area contributed by atoms with Gasteiger partial charge < -0.3 is 9.47 Å². The molecule has 0 radical (unpaired) electrons. The third-order valence-electron chi connectivity index (χ3n) is 5.28. The highest BCUT2D eigenvalue weighted by atomic mass is 16.2. The lowest BCUT2D eigenvalue weighted by atomic mass is 9.95. The number of rotatable bonds is 6. The van der Waals surface area contributed by atoms with Gasteiger partial charge in [-0.2, -0.15) is 0 Å². The molecule has 3 aromatic rings. The molecule has 1 fully saturated rings. The monoisotopic (exact) mass is 380 g/mol. The van der Waals surface area contributed by atoms with Gasteiger partial charge in [0, 0.05) is 50.2 Å². The number of piperidine rings is 1. The van der Waals surface area contributed by atoms with Crippen LogP contribution in [0.15, 0.2) is 36.9 Å². The number of hydrogen-bond acceptors (Lipinski definition) is 6. The number of hydrogen-bond donors (Lipinski definition) is 0. The molecule has 1 aliphatic heterocycles. The van der Waals surface area contributed by atoms with Gasteiger partial charge in [-0.1, -0.05) is 6.07 Å². The number of amides is 1. The Bertz CT molecular complexity index is 911. The van der Waals surface area contributed by atoms with E-state index in [4.69, 9.17) is 0 Å². The quantitative estimate of drug-likeness (QED) is 0.642. The molecule has 9 heteroatoms. The van der Waals surface area contributed by atoms with Crippen LogP contribution in [0.1, 0.15) is 42.4 Å². The molecule has 1 amide bonds. The Morgan fingerprint density at radius 1 is 1.25 bits per heavy atom. The van der Waals surface area contributed by atoms with E-state index in [0.29, 0.717) is 18.9 Å². The smallest absolute Gasteiger partial charge is 0.224 e. The number of nitrogens with zero attached hydrogens (tertiary/aromatic N) is 8. The zero-order chi connectivity index (χ0) is 19.3. The maximum atomic E-state index is 12.5. The molecular formula is C19H24N8O. The average molecular weight is 380 g/mol. The van der Waals surface area contributed by atoms with Crippen LogP contribution < -0.4 is 0 Å². The first-order chi connectivity index (χ1) is 13.7. The maximum absolute atomic E-state index is 12.5. The second kappa shape index (κ2) is 8.28. The summed E-state index contributed by atoms with van der Waals surface area (Å²) in [4.78, 5) is 23.3. The number of pyridine rings is 1. The summed E-state index contributed by atoms with van der Waals surface area (Å²) in [5, 5.41) is 11.4. The summed E-state index contributed by atoms with van der Waals surface area (Å²) in [6.07, 6.45) is 9.83. The summed E-state index contributed by atoms with van der Waals surface area (Å²) in [5.74, 6) is 2.36. The molecule has 0 aliphatic carbocycles. The molecule has 4 rings (SSSR count). The maximum Gasteiger partial charge on any atom is 0.224 e. The van der Waals surface area contributed by atoms with Gasteiger partial charge in [-0.05, 0) is 41.8 Å². The van der Waals surface area contributed by atoms with E-state index in [1.165, 1.54) is 0 Å². The van der Waals surface area contributed by atoms with Gasteiger partial charge in [-0.15, -0.1) is 5.10 Å². The average Bonchev–Trinajstić information content (AvgIpc) is 3.36. The Hall–Kier alpha value is -3.10. The third-order valence-corrected chi connectivity index (χ3v) is 5.28. The van der Waals surface area contributed by atoms with Crippen molar-refractivity contribution in [2.45, 2.75) is 45.2 Å². The lowest BCUT2D eigenvalue weighted by Crippen LogP contribution is -2.38. The van der Waals surface area contributed by atoms with Crippen molar-refractivity contribution in [3.63, 3.8) is 0 Å². The molecule has 0 atom stereocenters. The van der Waals surface area contributed by atoms with E-state index in [-0.39, 0.29) is 5.91 Å². The van der Waals surface area contributed by atoms with Crippen molar-refractivity contribution in [3.05, 3.63) is 54.1 Å². The minimum absolute atomic E-state index is 0.159. The SMILES string of the molecule is Cc1nnnn1CCC(=O)N1CCC(c2nccn2Cc2cccnc2)CC1. The summed E-state index contributed by atoms with van der Waals surface area (Å²) in [7, 11) is 0. The molecule has 28 heavy (non-hydrogen) atoms. The van der Waals surface area contributed by atoms with Crippen LogP contribution in [0.3, 0.4) is 0 Å². The molecule has 0 saturated carbocycles. The van der Waals surface area contributed by atoms with Crippen molar-refractivity contribution in [3.8, 4) is 0 Å². The predicted molar refractivity (Wildman–Crippen MR) is 101 cm³/mol. The Kier molecular flexibility index (Phi) is 5.41. The molecule has 3 aromatic heterocycles. The van der Waals surface area contributed by atoms with Gasteiger partial charge in [0.25, 0.3) is 0 Å². The second-order valence-electron chi connectivity index (χ2n) is 7.13. The molecule has 0 spiro atoms. The Morgan fingerprint density at radius 2 is 2.11 bits per heavy atom. The highest BCUT2D eigenvalue weighted by molar-refractivity contribution is 5.76. The lowest BCUT2D eigenvalue weighted by molar-refractivity contribution is -0.132. The molecule has 9 nitrogen and oxygen atoms in total. The molecule has 1 saturated heterocycles. The predicted octanol–water partition coefficient (Wildman–Crippen LogP) is 1.42. The van der Waals surface area contributed by atoms with Crippen molar-refractivity contribution in [1.29, 1.82) is 0 Å². The molecule has 146 valence electrons. The standard InChI is InChI=1S/C19H24N8O/c1-15-22-23-24-27(15)11-6-18(28)25-9-4-17(5-10-25)19-21-8-12-26(19)14-16-3-2-7-20-13-16/h2-3,7-8,12-13,17H,4-6,9-11,14H2,1H3. The Morgan fingerprint density at radius 3 is 2.82 bits per heavy atom. The Labute approximate surface area is 163 Å². The molecule has 0 bridgehead atoms. The summed E-state index contributed by atoms with van der Waals surface area (Å²) in [6, 6.07) is 4.03. The minimum atomic E-state index is 0.159. The van der Waals surface area contributed by atoms with E-state index in [1.54, 1.807) is 10.9 Å². The zero-order valence-electron chi connectivity index (χ0n) is 16.0. The van der Waals surface area contributed by atoms with Crippen LogP contribution in [0.5, 0.6) is 0 Å². The first kappa shape index (κ1) is 18.3. The van der Waals surface area contributed by atoms with Gasteiger partial charge in [-0.3, -0.25) is 9.78 Å². The van der Waals surface area contributed by atoms with E-state index in [2.05, 4.69) is 36.1 Å². The van der Waals surface area contributed by atoms with Crippen LogP contribution in [0.25, 0.3) is 0 Å². The van der Waals surface area contributed by atoms with Gasteiger partial charge in [0.1, 0.15) is 11.6 Å². The van der Waals surface area contributed by atoms with Gasteiger partial charge in [0.05, 0.1) is 13.1 Å². The van der Waals surface area contributed by atoms with E-state index in [0.717, 1.165) is 49.7 Å². The first-order valence-corrected chi connectivity index (χ1v) is 9.61. The van der Waals surface area contributed by atoms with Crippen LogP contribution in [0, 0.1) is 6.92 Å². The number of likely N-dealkylation sites (tertiary alicyclic amines) is 1. The van der Waals surface area contributed by atoms with Crippen molar-refractivity contribution >= 4 is 5.91 Å².